The van der Waals surface area contributed by atoms with Crippen molar-refractivity contribution in [1.29, 1.82) is 0 Å². The third-order valence-corrected chi connectivity index (χ3v) is 3.84. The number of likely N-dealkylation sites (tertiary alicyclic amines) is 1. The van der Waals surface area contributed by atoms with Crippen LogP contribution in [0.25, 0.3) is 0 Å². The summed E-state index contributed by atoms with van der Waals surface area (Å²) < 4.78 is 0. The number of hydrogen-bond acceptors (Lipinski definition) is 3. The minimum atomic E-state index is 0.705. The molecule has 2 rings (SSSR count). The van der Waals surface area contributed by atoms with Crippen LogP contribution in [0.15, 0.2) is 12.1 Å². The van der Waals surface area contributed by atoms with Gasteiger partial charge in [0.15, 0.2) is 0 Å². The molecule has 2 heterocycles. The third-order valence-electron chi connectivity index (χ3n) is 2.86. The van der Waals surface area contributed by atoms with Crippen molar-refractivity contribution in [3.05, 3.63) is 21.9 Å². The summed E-state index contributed by atoms with van der Waals surface area (Å²) in [5.74, 6) is 0. The van der Waals surface area contributed by atoms with Gasteiger partial charge in [-0.1, -0.05) is 0 Å². The smallest absolute Gasteiger partial charge is 0.0328 e. The van der Waals surface area contributed by atoms with E-state index < -0.39 is 0 Å². The Kier molecular flexibility index (Phi) is 3.21. The van der Waals surface area contributed by atoms with Crippen molar-refractivity contribution in [3.8, 4) is 0 Å². The van der Waals surface area contributed by atoms with Gasteiger partial charge in [0.2, 0.25) is 0 Å². The second-order valence-electron chi connectivity index (χ2n) is 4.02. The number of rotatable bonds is 3. The quantitative estimate of drug-likeness (QED) is 0.819. The molecule has 1 aromatic heterocycles. The molecule has 1 aliphatic rings. The van der Waals surface area contributed by atoms with Crippen molar-refractivity contribution in [1.82, 2.24) is 10.2 Å². The minimum absolute atomic E-state index is 0.705. The Morgan fingerprint density at radius 2 is 2.43 bits per heavy atom. The zero-order chi connectivity index (χ0) is 9.97. The summed E-state index contributed by atoms with van der Waals surface area (Å²) in [7, 11) is 2.06. The molecular weight excluding hydrogens is 192 g/mol. The molecule has 1 aliphatic heterocycles. The lowest BCUT2D eigenvalue weighted by molar-refractivity contribution is 0.325. The Bertz CT molecular complexity index is 295. The van der Waals surface area contributed by atoms with Crippen LogP contribution < -0.4 is 5.32 Å². The van der Waals surface area contributed by atoms with Crippen LogP contribution in [0.1, 0.15) is 16.2 Å². The monoisotopic (exact) mass is 210 g/mol. The lowest BCUT2D eigenvalue weighted by atomic mass is 10.3. The van der Waals surface area contributed by atoms with Gasteiger partial charge in [0.1, 0.15) is 0 Å². The van der Waals surface area contributed by atoms with Gasteiger partial charge in [-0.05, 0) is 32.5 Å². The fourth-order valence-corrected chi connectivity index (χ4v) is 2.94. The fraction of sp³-hybridized carbons (Fsp3) is 0.636. The molecular formula is C11H18N2S. The zero-order valence-corrected chi connectivity index (χ0v) is 9.73. The van der Waals surface area contributed by atoms with E-state index in [-0.39, 0.29) is 0 Å². The van der Waals surface area contributed by atoms with Gasteiger partial charge in [-0.15, -0.1) is 11.3 Å². The number of thiophene rings is 1. The van der Waals surface area contributed by atoms with E-state index in [0.29, 0.717) is 6.04 Å². The Morgan fingerprint density at radius 3 is 3.00 bits per heavy atom. The van der Waals surface area contributed by atoms with E-state index in [1.165, 1.54) is 29.3 Å². The molecule has 14 heavy (non-hydrogen) atoms. The molecule has 1 aromatic rings. The maximum absolute atomic E-state index is 3.35. The molecule has 3 heteroatoms. The first kappa shape index (κ1) is 10.1. The molecule has 1 N–H and O–H groups in total. The van der Waals surface area contributed by atoms with Crippen molar-refractivity contribution in [2.75, 3.05) is 20.1 Å². The van der Waals surface area contributed by atoms with Crippen LogP contribution >= 0.6 is 11.3 Å². The number of nitrogens with one attached hydrogen (secondary N) is 1. The number of aryl methyl sites for hydroxylation is 1. The molecule has 78 valence electrons. The van der Waals surface area contributed by atoms with Gasteiger partial charge in [0.25, 0.3) is 0 Å². The third kappa shape index (κ3) is 2.35. The van der Waals surface area contributed by atoms with Gasteiger partial charge in [-0.25, -0.2) is 0 Å². The maximum Gasteiger partial charge on any atom is 0.0328 e. The summed E-state index contributed by atoms with van der Waals surface area (Å²) in [6, 6.07) is 5.18. The van der Waals surface area contributed by atoms with Crippen molar-refractivity contribution in [3.63, 3.8) is 0 Å². The summed E-state index contributed by atoms with van der Waals surface area (Å²) in [6.07, 6.45) is 1.29. The highest BCUT2D eigenvalue weighted by molar-refractivity contribution is 7.11. The predicted molar refractivity (Wildman–Crippen MR) is 61.8 cm³/mol. The van der Waals surface area contributed by atoms with Crippen molar-refractivity contribution in [2.24, 2.45) is 0 Å². The topological polar surface area (TPSA) is 15.3 Å². The van der Waals surface area contributed by atoms with E-state index in [0.717, 1.165) is 6.54 Å². The fourth-order valence-electron chi connectivity index (χ4n) is 2.00. The summed E-state index contributed by atoms with van der Waals surface area (Å²) in [4.78, 5) is 5.45. The average molecular weight is 210 g/mol. The van der Waals surface area contributed by atoms with E-state index in [4.69, 9.17) is 0 Å². The molecule has 2 nitrogen and oxygen atoms in total. The molecule has 0 aromatic carbocycles. The molecule has 1 saturated heterocycles. The van der Waals surface area contributed by atoms with Gasteiger partial charge >= 0.3 is 0 Å². The Balaban J connectivity index is 1.87. The molecule has 0 radical (unpaired) electrons. The van der Waals surface area contributed by atoms with E-state index in [1.54, 1.807) is 0 Å². The van der Waals surface area contributed by atoms with Crippen LogP contribution in [0.3, 0.4) is 0 Å². The average Bonchev–Trinajstić information content (AvgIpc) is 2.76. The van der Waals surface area contributed by atoms with Gasteiger partial charge < -0.3 is 5.32 Å². The largest absolute Gasteiger partial charge is 0.316 e. The summed E-state index contributed by atoms with van der Waals surface area (Å²) in [6.45, 7) is 5.75. The van der Waals surface area contributed by atoms with E-state index in [9.17, 15) is 0 Å². The number of nitrogens with zero attached hydrogens (tertiary/aromatic N) is 1. The van der Waals surface area contributed by atoms with E-state index in [1.807, 2.05) is 11.3 Å². The first-order valence-corrected chi connectivity index (χ1v) is 6.04. The molecule has 0 spiro atoms. The molecule has 0 amide bonds. The molecule has 0 saturated carbocycles. The Morgan fingerprint density at radius 1 is 1.57 bits per heavy atom. The highest BCUT2D eigenvalue weighted by Gasteiger charge is 2.20. The van der Waals surface area contributed by atoms with Crippen LogP contribution in [-0.4, -0.2) is 31.1 Å². The maximum atomic E-state index is 3.35. The van der Waals surface area contributed by atoms with Crippen molar-refractivity contribution < 1.29 is 0 Å². The van der Waals surface area contributed by atoms with Crippen LogP contribution in [0.5, 0.6) is 0 Å². The molecule has 1 unspecified atom stereocenters. The summed E-state index contributed by atoms with van der Waals surface area (Å²) >= 11 is 1.92. The lowest BCUT2D eigenvalue weighted by Gasteiger charge is -2.14. The first-order valence-electron chi connectivity index (χ1n) is 5.23. The van der Waals surface area contributed by atoms with Crippen LogP contribution in [0.2, 0.25) is 0 Å². The number of hydrogen-bond donors (Lipinski definition) is 1. The molecule has 1 atom stereocenters. The van der Waals surface area contributed by atoms with Crippen LogP contribution in [0.4, 0.5) is 0 Å². The molecule has 0 aliphatic carbocycles. The zero-order valence-electron chi connectivity index (χ0n) is 8.92. The van der Waals surface area contributed by atoms with Gasteiger partial charge in [-0.2, -0.15) is 0 Å². The first-order chi connectivity index (χ1) is 6.78. The Labute approximate surface area is 89.9 Å². The van der Waals surface area contributed by atoms with E-state index >= 15 is 0 Å². The van der Waals surface area contributed by atoms with Crippen LogP contribution in [-0.2, 0) is 6.54 Å². The van der Waals surface area contributed by atoms with Crippen molar-refractivity contribution in [2.45, 2.75) is 25.9 Å². The molecule has 0 bridgehead atoms. The highest BCUT2D eigenvalue weighted by Crippen LogP contribution is 2.19. The van der Waals surface area contributed by atoms with Gasteiger partial charge in [0.05, 0.1) is 0 Å². The molecule has 1 fully saturated rings. The summed E-state index contributed by atoms with van der Waals surface area (Å²) in [5.41, 5.74) is 0. The Hall–Kier alpha value is -0.380. The normalized spacial score (nSPS) is 23.1. The minimum Gasteiger partial charge on any atom is -0.316 e. The van der Waals surface area contributed by atoms with Gasteiger partial charge in [0, 0.05) is 35.4 Å². The second-order valence-corrected chi connectivity index (χ2v) is 5.39. The highest BCUT2D eigenvalue weighted by atomic mass is 32.1. The standard InChI is InChI=1S/C11H18N2S/c1-9-3-4-11(14-9)8-13-6-5-10(7-13)12-2/h3-4,10,12H,5-8H2,1-2H3. The van der Waals surface area contributed by atoms with E-state index in [2.05, 4.69) is 36.3 Å². The SMILES string of the molecule is CNC1CCN(Cc2ccc(C)s2)C1. The van der Waals surface area contributed by atoms with Crippen molar-refractivity contribution >= 4 is 11.3 Å². The second kappa shape index (κ2) is 4.43. The lowest BCUT2D eigenvalue weighted by Crippen LogP contribution is -2.29. The van der Waals surface area contributed by atoms with Gasteiger partial charge in [-0.3, -0.25) is 4.90 Å². The predicted octanol–water partition coefficient (Wildman–Crippen LogP) is 1.85. The number of likely N-dealkylation sites (N-methyl/N-ethyl adjacent to an activating group) is 1. The van der Waals surface area contributed by atoms with Crippen LogP contribution in [0, 0.1) is 6.92 Å². The summed E-state index contributed by atoms with van der Waals surface area (Å²) in [5, 5.41) is 3.35.